The van der Waals surface area contributed by atoms with Crippen molar-refractivity contribution in [2.45, 2.75) is 44.6 Å². The quantitative estimate of drug-likeness (QED) is 0.298. The van der Waals surface area contributed by atoms with Gasteiger partial charge in [-0.05, 0) is 97.5 Å². The molecular weight excluding hydrogens is 598 g/mol. The molecule has 2 aliphatic heterocycles. The molecule has 0 bridgehead atoms. The van der Waals surface area contributed by atoms with Gasteiger partial charge in [0.2, 0.25) is 17.8 Å². The number of rotatable bonds is 9. The van der Waals surface area contributed by atoms with Crippen molar-refractivity contribution in [2.75, 3.05) is 56.8 Å². The van der Waals surface area contributed by atoms with E-state index in [0.717, 1.165) is 52.9 Å². The molecule has 1 saturated heterocycles. The van der Waals surface area contributed by atoms with Crippen LogP contribution in [0.15, 0.2) is 47.1 Å². The molecule has 0 saturated carbocycles. The maximum Gasteiger partial charge on any atom is 0.236 e. The zero-order valence-corrected chi connectivity index (χ0v) is 26.3. The van der Waals surface area contributed by atoms with Crippen LogP contribution in [0, 0.1) is 0 Å². The van der Waals surface area contributed by atoms with Gasteiger partial charge in [-0.1, -0.05) is 18.2 Å². The first kappa shape index (κ1) is 29.8. The van der Waals surface area contributed by atoms with Crippen LogP contribution in [0.3, 0.4) is 0 Å². The van der Waals surface area contributed by atoms with Crippen LogP contribution in [0.1, 0.15) is 49.3 Å². The number of benzene rings is 2. The van der Waals surface area contributed by atoms with Crippen LogP contribution in [0.5, 0.6) is 5.75 Å². The number of likely N-dealkylation sites (N-methyl/N-ethyl adjacent to an activating group) is 1. The number of amides is 2. The normalized spacial score (nSPS) is 16.3. The highest BCUT2D eigenvalue weighted by Crippen LogP contribution is 2.40. The largest absolute Gasteiger partial charge is 0.495 e. The fourth-order valence-electron chi connectivity index (χ4n) is 5.73. The third-order valence-electron chi connectivity index (χ3n) is 8.02. The summed E-state index contributed by atoms with van der Waals surface area (Å²) in [5.74, 6) is 2.31. The molecule has 2 aromatic carbocycles. The Morgan fingerprint density at radius 2 is 1.98 bits per heavy atom. The molecule has 1 aromatic heterocycles. The molecule has 2 amide bonds. The molecule has 0 radical (unpaired) electrons. The molecule has 0 atom stereocenters. The standard InChI is InChI=1S/C31H38BrN7O3/c1-31(2)27-21(7-6-8-24(27)35-29(31)41)16-33-28-22(32)17-34-30(37-28)36-23-10-9-20(15-25(23)42-5)19-11-13-39(14-12-19)26(40)18-38(3)4/h6-10,15,17,19H,11-14,16,18H2,1-5H3,(H,35,41)(H2,33,34,36,37). The second-order valence-electron chi connectivity index (χ2n) is 11.6. The molecule has 10 nitrogen and oxygen atoms in total. The zero-order valence-electron chi connectivity index (χ0n) is 24.8. The Labute approximate surface area is 255 Å². The Morgan fingerprint density at radius 1 is 1.21 bits per heavy atom. The highest BCUT2D eigenvalue weighted by atomic mass is 79.9. The second-order valence-corrected chi connectivity index (χ2v) is 12.5. The molecule has 11 heteroatoms. The van der Waals surface area contributed by atoms with Crippen molar-refractivity contribution in [1.82, 2.24) is 19.8 Å². The number of likely N-dealkylation sites (tertiary alicyclic amines) is 1. The summed E-state index contributed by atoms with van der Waals surface area (Å²) in [5, 5.41) is 9.68. The molecule has 2 aliphatic rings. The van der Waals surface area contributed by atoms with E-state index in [1.54, 1.807) is 13.3 Å². The Kier molecular flexibility index (Phi) is 8.70. The lowest BCUT2D eigenvalue weighted by atomic mass is 9.83. The molecule has 3 aromatic rings. The number of nitrogens with zero attached hydrogens (tertiary/aromatic N) is 4. The fourth-order valence-corrected chi connectivity index (χ4v) is 6.06. The molecular formula is C31H38BrN7O3. The predicted molar refractivity (Wildman–Crippen MR) is 169 cm³/mol. The summed E-state index contributed by atoms with van der Waals surface area (Å²) in [4.78, 5) is 37.9. The highest BCUT2D eigenvalue weighted by molar-refractivity contribution is 9.10. The van der Waals surface area contributed by atoms with E-state index in [1.165, 1.54) is 5.56 Å². The summed E-state index contributed by atoms with van der Waals surface area (Å²) in [6.45, 7) is 6.34. The van der Waals surface area contributed by atoms with Crippen LogP contribution < -0.4 is 20.7 Å². The minimum absolute atomic E-state index is 0.000171. The summed E-state index contributed by atoms with van der Waals surface area (Å²) in [5.41, 5.74) is 4.24. The van der Waals surface area contributed by atoms with Crippen molar-refractivity contribution in [2.24, 2.45) is 0 Å². The number of methoxy groups -OCH3 is 1. The van der Waals surface area contributed by atoms with Crippen molar-refractivity contribution >= 4 is 50.9 Å². The Hall–Kier alpha value is -3.70. The van der Waals surface area contributed by atoms with Crippen LogP contribution in [-0.4, -0.2) is 72.4 Å². The smallest absolute Gasteiger partial charge is 0.236 e. The third-order valence-corrected chi connectivity index (χ3v) is 8.60. The summed E-state index contributed by atoms with van der Waals surface area (Å²) in [7, 11) is 5.49. The van der Waals surface area contributed by atoms with E-state index in [1.807, 2.05) is 62.0 Å². The van der Waals surface area contributed by atoms with Gasteiger partial charge in [-0.2, -0.15) is 4.98 Å². The minimum Gasteiger partial charge on any atom is -0.495 e. The van der Waals surface area contributed by atoms with Crippen LogP contribution in [-0.2, 0) is 21.5 Å². The van der Waals surface area contributed by atoms with Gasteiger partial charge in [0.05, 0.1) is 29.2 Å². The minimum atomic E-state index is -0.605. The van der Waals surface area contributed by atoms with Gasteiger partial charge in [0.15, 0.2) is 0 Å². The molecule has 42 heavy (non-hydrogen) atoms. The number of fused-ring (bicyclic) bond motifs is 1. The average molecular weight is 637 g/mol. The molecule has 1 fully saturated rings. The number of piperidine rings is 1. The first-order valence-electron chi connectivity index (χ1n) is 14.1. The Balaban J connectivity index is 1.26. The van der Waals surface area contributed by atoms with Crippen molar-refractivity contribution in [3.05, 3.63) is 63.8 Å². The summed E-state index contributed by atoms with van der Waals surface area (Å²) in [6, 6.07) is 12.1. The number of halogens is 1. The van der Waals surface area contributed by atoms with Gasteiger partial charge >= 0.3 is 0 Å². The molecule has 0 unspecified atom stereocenters. The van der Waals surface area contributed by atoms with E-state index in [0.29, 0.717) is 36.5 Å². The van der Waals surface area contributed by atoms with Crippen molar-refractivity contribution < 1.29 is 14.3 Å². The summed E-state index contributed by atoms with van der Waals surface area (Å²) >= 11 is 3.56. The van der Waals surface area contributed by atoms with Crippen LogP contribution in [0.2, 0.25) is 0 Å². The zero-order chi connectivity index (χ0) is 30.0. The summed E-state index contributed by atoms with van der Waals surface area (Å²) in [6.07, 6.45) is 3.55. The molecule has 5 rings (SSSR count). The van der Waals surface area contributed by atoms with E-state index < -0.39 is 5.41 Å². The number of hydrogen-bond acceptors (Lipinski definition) is 8. The molecule has 3 N–H and O–H groups in total. The first-order chi connectivity index (χ1) is 20.1. The lowest BCUT2D eigenvalue weighted by Gasteiger charge is -2.33. The van der Waals surface area contributed by atoms with Crippen molar-refractivity contribution in [3.8, 4) is 5.75 Å². The van der Waals surface area contributed by atoms with Crippen LogP contribution >= 0.6 is 15.9 Å². The Morgan fingerprint density at radius 3 is 2.69 bits per heavy atom. The predicted octanol–water partition coefficient (Wildman–Crippen LogP) is 5.10. The number of carbonyl (C=O) groups excluding carboxylic acids is 2. The molecule has 0 spiro atoms. The molecule has 222 valence electrons. The van der Waals surface area contributed by atoms with Crippen molar-refractivity contribution in [3.63, 3.8) is 0 Å². The van der Waals surface area contributed by atoms with Gasteiger partial charge in [-0.25, -0.2) is 4.98 Å². The van der Waals surface area contributed by atoms with Crippen LogP contribution in [0.4, 0.5) is 23.1 Å². The van der Waals surface area contributed by atoms with Crippen LogP contribution in [0.25, 0.3) is 0 Å². The first-order valence-corrected chi connectivity index (χ1v) is 14.9. The molecule has 3 heterocycles. The topological polar surface area (TPSA) is 112 Å². The monoisotopic (exact) mass is 635 g/mol. The second kappa shape index (κ2) is 12.3. The van der Waals surface area contributed by atoms with E-state index in [9.17, 15) is 9.59 Å². The number of anilines is 4. The highest BCUT2D eigenvalue weighted by Gasteiger charge is 2.40. The SMILES string of the molecule is COc1cc(C2CCN(C(=O)CN(C)C)CC2)ccc1Nc1ncc(Br)c(NCc2cccc3c2C(C)(C)C(=O)N3)n1. The lowest BCUT2D eigenvalue weighted by Crippen LogP contribution is -2.42. The third kappa shape index (κ3) is 6.22. The maximum atomic E-state index is 12.5. The number of nitrogens with one attached hydrogen (secondary N) is 3. The molecule has 0 aliphatic carbocycles. The van der Waals surface area contributed by atoms with Gasteiger partial charge in [0, 0.05) is 31.5 Å². The number of carbonyl (C=O) groups is 2. The van der Waals surface area contributed by atoms with E-state index in [-0.39, 0.29) is 11.8 Å². The van der Waals surface area contributed by atoms with Gasteiger partial charge in [0.25, 0.3) is 0 Å². The van der Waals surface area contributed by atoms with E-state index in [4.69, 9.17) is 9.72 Å². The van der Waals surface area contributed by atoms with Crippen molar-refractivity contribution in [1.29, 1.82) is 0 Å². The average Bonchev–Trinajstić information content (AvgIpc) is 3.21. The fraction of sp³-hybridized carbons (Fsp3) is 0.419. The van der Waals surface area contributed by atoms with Gasteiger partial charge in [-0.3, -0.25) is 9.59 Å². The Bertz CT molecular complexity index is 1490. The lowest BCUT2D eigenvalue weighted by molar-refractivity contribution is -0.132. The van der Waals surface area contributed by atoms with Gasteiger partial charge < -0.3 is 30.5 Å². The number of ether oxygens (including phenoxy) is 1. The number of hydrogen-bond donors (Lipinski definition) is 3. The van der Waals surface area contributed by atoms with E-state index >= 15 is 0 Å². The van der Waals surface area contributed by atoms with Gasteiger partial charge in [-0.15, -0.1) is 0 Å². The maximum absolute atomic E-state index is 12.5. The van der Waals surface area contributed by atoms with Gasteiger partial charge in [0.1, 0.15) is 11.6 Å². The summed E-state index contributed by atoms with van der Waals surface area (Å²) < 4.78 is 6.46. The van der Waals surface area contributed by atoms with E-state index in [2.05, 4.69) is 49.0 Å². The number of aromatic nitrogens is 2.